The number of aryl methyl sites for hydroxylation is 4. The molecular formula is C28H34N2O3S. The van der Waals surface area contributed by atoms with Gasteiger partial charge in [-0.2, -0.15) is 0 Å². The van der Waals surface area contributed by atoms with Crippen LogP contribution in [0.1, 0.15) is 63.1 Å². The third-order valence-electron chi connectivity index (χ3n) is 6.28. The highest BCUT2D eigenvalue weighted by Crippen LogP contribution is 2.28. The Hall–Kier alpha value is -3.12. The van der Waals surface area contributed by atoms with Gasteiger partial charge in [-0.25, -0.2) is 8.42 Å². The van der Waals surface area contributed by atoms with Crippen LogP contribution in [0, 0.1) is 27.7 Å². The van der Waals surface area contributed by atoms with Crippen molar-refractivity contribution in [1.82, 2.24) is 5.32 Å². The molecule has 0 saturated heterocycles. The van der Waals surface area contributed by atoms with Crippen LogP contribution in [-0.4, -0.2) is 20.6 Å². The van der Waals surface area contributed by atoms with Crippen molar-refractivity contribution in [2.75, 3.05) is 10.6 Å². The van der Waals surface area contributed by atoms with Crippen molar-refractivity contribution in [3.05, 3.63) is 99.6 Å². The maximum atomic E-state index is 12.9. The van der Waals surface area contributed by atoms with Crippen LogP contribution in [0.25, 0.3) is 0 Å². The SMILES string of the molecule is CCC(NC(=O)c1ccc(CN(c2c(C)cccc2C)S(C)(=O)=O)cc1)c1ccc(C)c(C)c1. The Balaban J connectivity index is 1.79. The van der Waals surface area contributed by atoms with E-state index in [9.17, 15) is 13.2 Å². The average Bonchev–Trinajstić information content (AvgIpc) is 2.78. The largest absolute Gasteiger partial charge is 0.345 e. The molecule has 0 heterocycles. The lowest BCUT2D eigenvalue weighted by atomic mass is 9.99. The smallest absolute Gasteiger partial charge is 0.251 e. The third kappa shape index (κ3) is 5.86. The van der Waals surface area contributed by atoms with E-state index in [0.717, 1.165) is 28.7 Å². The number of benzene rings is 3. The molecule has 0 aliphatic rings. The van der Waals surface area contributed by atoms with Crippen molar-refractivity contribution in [2.24, 2.45) is 0 Å². The summed E-state index contributed by atoms with van der Waals surface area (Å²) in [5.74, 6) is -0.147. The van der Waals surface area contributed by atoms with Gasteiger partial charge >= 0.3 is 0 Å². The Morgan fingerprint density at radius 3 is 2.03 bits per heavy atom. The highest BCUT2D eigenvalue weighted by atomic mass is 32.2. The summed E-state index contributed by atoms with van der Waals surface area (Å²) >= 11 is 0. The lowest BCUT2D eigenvalue weighted by molar-refractivity contribution is 0.0935. The van der Waals surface area contributed by atoms with Gasteiger partial charge in [0.1, 0.15) is 0 Å². The Bertz CT molecular complexity index is 1260. The summed E-state index contributed by atoms with van der Waals surface area (Å²) in [7, 11) is -3.49. The van der Waals surface area contributed by atoms with Gasteiger partial charge in [-0.3, -0.25) is 9.10 Å². The molecule has 0 aromatic heterocycles. The van der Waals surface area contributed by atoms with E-state index in [2.05, 4.69) is 44.3 Å². The van der Waals surface area contributed by atoms with Crippen molar-refractivity contribution in [3.63, 3.8) is 0 Å². The Morgan fingerprint density at radius 1 is 0.882 bits per heavy atom. The number of hydrogen-bond acceptors (Lipinski definition) is 3. The summed E-state index contributed by atoms with van der Waals surface area (Å²) < 4.78 is 26.7. The molecule has 0 aliphatic carbocycles. The fraction of sp³-hybridized carbons (Fsp3) is 0.321. The van der Waals surface area contributed by atoms with E-state index < -0.39 is 10.0 Å². The lowest BCUT2D eigenvalue weighted by Crippen LogP contribution is -2.31. The number of amides is 1. The van der Waals surface area contributed by atoms with E-state index in [0.29, 0.717) is 11.3 Å². The van der Waals surface area contributed by atoms with Crippen LogP contribution >= 0.6 is 0 Å². The molecule has 1 atom stereocenters. The number of sulfonamides is 1. The minimum Gasteiger partial charge on any atom is -0.345 e. The summed E-state index contributed by atoms with van der Waals surface area (Å²) in [6.07, 6.45) is 2.00. The van der Waals surface area contributed by atoms with Gasteiger partial charge in [-0.1, -0.05) is 55.5 Å². The maximum absolute atomic E-state index is 12.9. The van der Waals surface area contributed by atoms with Gasteiger partial charge in [0.25, 0.3) is 5.91 Å². The van der Waals surface area contributed by atoms with E-state index in [-0.39, 0.29) is 18.5 Å². The third-order valence-corrected chi connectivity index (χ3v) is 7.39. The summed E-state index contributed by atoms with van der Waals surface area (Å²) in [6.45, 7) is 10.2. The molecule has 0 spiro atoms. The van der Waals surface area contributed by atoms with Crippen molar-refractivity contribution in [3.8, 4) is 0 Å². The molecule has 5 nitrogen and oxygen atoms in total. The number of nitrogens with one attached hydrogen (secondary N) is 1. The van der Waals surface area contributed by atoms with Gasteiger partial charge in [-0.15, -0.1) is 0 Å². The summed E-state index contributed by atoms with van der Waals surface area (Å²) in [4.78, 5) is 12.9. The molecule has 0 fully saturated rings. The highest BCUT2D eigenvalue weighted by Gasteiger charge is 2.22. The number of carbonyl (C=O) groups excluding carboxylic acids is 1. The predicted molar refractivity (Wildman–Crippen MR) is 140 cm³/mol. The first-order valence-corrected chi connectivity index (χ1v) is 13.4. The summed E-state index contributed by atoms with van der Waals surface area (Å²) in [5.41, 5.74) is 7.38. The molecule has 1 unspecified atom stereocenters. The topological polar surface area (TPSA) is 66.5 Å². The standard InChI is InChI=1S/C28H34N2O3S/c1-7-26(25-14-11-19(2)22(5)17-25)29-28(31)24-15-12-23(13-16-24)18-30(34(6,32)33)27-20(3)9-8-10-21(27)4/h8-17,26H,7,18H2,1-6H3,(H,29,31). The van der Waals surface area contributed by atoms with Crippen LogP contribution in [-0.2, 0) is 16.6 Å². The Morgan fingerprint density at radius 2 is 1.50 bits per heavy atom. The zero-order chi connectivity index (χ0) is 25.0. The molecule has 0 bridgehead atoms. The lowest BCUT2D eigenvalue weighted by Gasteiger charge is -2.26. The first kappa shape index (κ1) is 25.5. The molecule has 0 aliphatic heterocycles. The monoisotopic (exact) mass is 478 g/mol. The normalized spacial score (nSPS) is 12.3. The van der Waals surface area contributed by atoms with Crippen molar-refractivity contribution < 1.29 is 13.2 Å². The van der Waals surface area contributed by atoms with E-state index in [1.54, 1.807) is 12.1 Å². The minimum atomic E-state index is -3.49. The number of hydrogen-bond donors (Lipinski definition) is 1. The number of anilines is 1. The van der Waals surface area contributed by atoms with Gasteiger partial charge in [0.2, 0.25) is 10.0 Å². The number of nitrogens with zero attached hydrogens (tertiary/aromatic N) is 1. The van der Waals surface area contributed by atoms with Crippen molar-refractivity contribution in [1.29, 1.82) is 0 Å². The second kappa shape index (κ2) is 10.4. The highest BCUT2D eigenvalue weighted by molar-refractivity contribution is 7.92. The first-order valence-electron chi connectivity index (χ1n) is 11.5. The van der Waals surface area contributed by atoms with Crippen molar-refractivity contribution >= 4 is 21.6 Å². The van der Waals surface area contributed by atoms with E-state index >= 15 is 0 Å². The van der Waals surface area contributed by atoms with E-state index in [1.165, 1.54) is 21.7 Å². The van der Waals surface area contributed by atoms with Gasteiger partial charge in [0, 0.05) is 5.56 Å². The molecule has 1 amide bonds. The van der Waals surface area contributed by atoms with Crippen LogP contribution in [0.5, 0.6) is 0 Å². The molecule has 34 heavy (non-hydrogen) atoms. The molecule has 3 aromatic carbocycles. The first-order chi connectivity index (χ1) is 16.0. The molecule has 0 saturated carbocycles. The van der Waals surface area contributed by atoms with Crippen LogP contribution in [0.3, 0.4) is 0 Å². The van der Waals surface area contributed by atoms with E-state index in [1.807, 2.05) is 44.2 Å². The van der Waals surface area contributed by atoms with Crippen LogP contribution < -0.4 is 9.62 Å². The van der Waals surface area contributed by atoms with Gasteiger partial charge < -0.3 is 5.32 Å². The maximum Gasteiger partial charge on any atom is 0.251 e. The Kier molecular flexibility index (Phi) is 7.82. The second-order valence-electron chi connectivity index (χ2n) is 8.98. The Labute approximate surface area is 203 Å². The minimum absolute atomic E-state index is 0.0729. The average molecular weight is 479 g/mol. The predicted octanol–water partition coefficient (Wildman–Crippen LogP) is 5.77. The molecule has 0 radical (unpaired) electrons. The van der Waals surface area contributed by atoms with Crippen LogP contribution in [0.15, 0.2) is 60.7 Å². The summed E-state index contributed by atoms with van der Waals surface area (Å²) in [5, 5.41) is 3.13. The summed E-state index contributed by atoms with van der Waals surface area (Å²) in [6, 6.07) is 19.1. The number of carbonyl (C=O) groups is 1. The second-order valence-corrected chi connectivity index (χ2v) is 10.9. The molecule has 180 valence electrons. The molecule has 3 aromatic rings. The molecule has 3 rings (SSSR count). The van der Waals surface area contributed by atoms with Gasteiger partial charge in [0.05, 0.1) is 24.5 Å². The van der Waals surface area contributed by atoms with Gasteiger partial charge in [-0.05, 0) is 79.6 Å². The van der Waals surface area contributed by atoms with Crippen molar-refractivity contribution in [2.45, 2.75) is 53.6 Å². The zero-order valence-electron chi connectivity index (χ0n) is 20.8. The quantitative estimate of drug-likeness (QED) is 0.447. The fourth-order valence-electron chi connectivity index (χ4n) is 4.13. The van der Waals surface area contributed by atoms with Crippen LogP contribution in [0.2, 0.25) is 0 Å². The zero-order valence-corrected chi connectivity index (χ0v) is 21.7. The molecule has 6 heteroatoms. The van der Waals surface area contributed by atoms with Gasteiger partial charge in [0.15, 0.2) is 0 Å². The fourth-order valence-corrected chi connectivity index (χ4v) is 5.14. The molecule has 1 N–H and O–H groups in total. The van der Waals surface area contributed by atoms with E-state index in [4.69, 9.17) is 0 Å². The van der Waals surface area contributed by atoms with Crippen LogP contribution in [0.4, 0.5) is 5.69 Å². The number of para-hydroxylation sites is 1. The molecular weight excluding hydrogens is 444 g/mol. The number of rotatable bonds is 8.